The number of hydrogen-bond acceptors (Lipinski definition) is 3. The van der Waals surface area contributed by atoms with Gasteiger partial charge in [-0.15, -0.1) is 0 Å². The van der Waals surface area contributed by atoms with Gasteiger partial charge in [0.15, 0.2) is 5.78 Å². The third kappa shape index (κ3) is 2.50. The van der Waals surface area contributed by atoms with E-state index in [-0.39, 0.29) is 5.78 Å². The van der Waals surface area contributed by atoms with Crippen LogP contribution < -0.4 is 4.74 Å². The number of aryl methyl sites for hydroxylation is 3. The number of ketones is 1. The lowest BCUT2D eigenvalue weighted by atomic mass is 9.96. The molecule has 0 spiro atoms. The minimum atomic E-state index is 0.00820. The molecule has 0 N–H and O–H groups in total. The van der Waals surface area contributed by atoms with Gasteiger partial charge in [-0.25, -0.2) is 0 Å². The van der Waals surface area contributed by atoms with Gasteiger partial charge in [0.25, 0.3) is 0 Å². The van der Waals surface area contributed by atoms with Crippen molar-refractivity contribution in [3.63, 3.8) is 0 Å². The Bertz CT molecular complexity index is 633. The van der Waals surface area contributed by atoms with Gasteiger partial charge in [0.1, 0.15) is 5.75 Å². The zero-order valence-corrected chi connectivity index (χ0v) is 11.7. The van der Waals surface area contributed by atoms with Gasteiger partial charge in [-0.05, 0) is 56.2 Å². The zero-order valence-electron chi connectivity index (χ0n) is 11.7. The van der Waals surface area contributed by atoms with Crippen LogP contribution in [0.25, 0.3) is 0 Å². The van der Waals surface area contributed by atoms with Crippen LogP contribution in [0.15, 0.2) is 30.5 Å². The van der Waals surface area contributed by atoms with Crippen LogP contribution in [-0.2, 0) is 0 Å². The number of methoxy groups -OCH3 is 1. The fraction of sp³-hybridized carbons (Fsp3) is 0.250. The van der Waals surface area contributed by atoms with Crippen molar-refractivity contribution < 1.29 is 9.53 Å². The second kappa shape index (κ2) is 5.22. The molecule has 0 saturated heterocycles. The van der Waals surface area contributed by atoms with E-state index in [1.807, 2.05) is 39.0 Å². The molecule has 0 fully saturated rings. The molecular weight excluding hydrogens is 238 g/mol. The highest BCUT2D eigenvalue weighted by Gasteiger charge is 2.16. The van der Waals surface area contributed by atoms with Crippen molar-refractivity contribution in [1.29, 1.82) is 0 Å². The maximum absolute atomic E-state index is 12.6. The molecule has 0 bridgehead atoms. The second-order valence-electron chi connectivity index (χ2n) is 4.60. The molecule has 0 aliphatic carbocycles. The fourth-order valence-corrected chi connectivity index (χ4v) is 2.12. The first-order valence-electron chi connectivity index (χ1n) is 6.16. The SMILES string of the molecule is COc1cc(C)c(C(=O)c2cccnc2C)cc1C. The average molecular weight is 255 g/mol. The van der Waals surface area contributed by atoms with Crippen molar-refractivity contribution in [2.24, 2.45) is 0 Å². The predicted octanol–water partition coefficient (Wildman–Crippen LogP) is 3.25. The largest absolute Gasteiger partial charge is 0.496 e. The number of carbonyl (C=O) groups is 1. The molecule has 0 aliphatic rings. The maximum atomic E-state index is 12.6. The zero-order chi connectivity index (χ0) is 14.0. The van der Waals surface area contributed by atoms with Crippen molar-refractivity contribution in [1.82, 2.24) is 4.98 Å². The number of hydrogen-bond donors (Lipinski definition) is 0. The Hall–Kier alpha value is -2.16. The van der Waals surface area contributed by atoms with E-state index in [0.717, 1.165) is 22.6 Å². The minimum absolute atomic E-state index is 0.00820. The highest BCUT2D eigenvalue weighted by atomic mass is 16.5. The Morgan fingerprint density at radius 3 is 2.47 bits per heavy atom. The van der Waals surface area contributed by atoms with Gasteiger partial charge in [-0.1, -0.05) is 0 Å². The lowest BCUT2D eigenvalue weighted by molar-refractivity contribution is 0.103. The number of pyridine rings is 1. The van der Waals surface area contributed by atoms with E-state index in [9.17, 15) is 4.79 Å². The van der Waals surface area contributed by atoms with Gasteiger partial charge in [0.05, 0.1) is 7.11 Å². The summed E-state index contributed by atoms with van der Waals surface area (Å²) >= 11 is 0. The smallest absolute Gasteiger partial charge is 0.195 e. The predicted molar refractivity (Wildman–Crippen MR) is 74.9 cm³/mol. The summed E-state index contributed by atoms with van der Waals surface area (Å²) in [5.74, 6) is 0.811. The molecule has 0 unspecified atom stereocenters. The molecule has 1 heterocycles. The molecule has 2 rings (SSSR count). The Morgan fingerprint density at radius 2 is 1.84 bits per heavy atom. The highest BCUT2D eigenvalue weighted by molar-refractivity contribution is 6.10. The van der Waals surface area contributed by atoms with Gasteiger partial charge in [-0.2, -0.15) is 0 Å². The van der Waals surface area contributed by atoms with E-state index in [2.05, 4.69) is 4.98 Å². The van der Waals surface area contributed by atoms with Crippen LogP contribution >= 0.6 is 0 Å². The quantitative estimate of drug-likeness (QED) is 0.790. The van der Waals surface area contributed by atoms with E-state index < -0.39 is 0 Å². The molecule has 0 amide bonds. The van der Waals surface area contributed by atoms with Crippen molar-refractivity contribution in [2.45, 2.75) is 20.8 Å². The fourth-order valence-electron chi connectivity index (χ4n) is 2.12. The Balaban J connectivity index is 2.51. The molecule has 19 heavy (non-hydrogen) atoms. The molecule has 0 atom stereocenters. The standard InChI is InChI=1S/C16H17NO2/c1-10-9-15(19-4)11(2)8-14(10)16(18)13-6-5-7-17-12(13)3/h5-9H,1-4H3. The molecule has 98 valence electrons. The summed E-state index contributed by atoms with van der Waals surface area (Å²) in [5.41, 5.74) is 3.97. The minimum Gasteiger partial charge on any atom is -0.496 e. The molecule has 0 radical (unpaired) electrons. The second-order valence-corrected chi connectivity index (χ2v) is 4.60. The number of benzene rings is 1. The van der Waals surface area contributed by atoms with Crippen LogP contribution in [0.3, 0.4) is 0 Å². The van der Waals surface area contributed by atoms with Crippen LogP contribution in [0, 0.1) is 20.8 Å². The summed E-state index contributed by atoms with van der Waals surface area (Å²) < 4.78 is 5.27. The lowest BCUT2D eigenvalue weighted by Gasteiger charge is -2.11. The number of aromatic nitrogens is 1. The number of ether oxygens (including phenoxy) is 1. The summed E-state index contributed by atoms with van der Waals surface area (Å²) in [6.07, 6.45) is 1.69. The first-order valence-corrected chi connectivity index (χ1v) is 6.16. The van der Waals surface area contributed by atoms with E-state index in [1.54, 1.807) is 19.4 Å². The topological polar surface area (TPSA) is 39.2 Å². The van der Waals surface area contributed by atoms with E-state index in [4.69, 9.17) is 4.74 Å². The Kier molecular flexibility index (Phi) is 3.65. The molecule has 1 aromatic heterocycles. The molecule has 3 heteroatoms. The van der Waals surface area contributed by atoms with Gasteiger partial charge < -0.3 is 4.74 Å². The van der Waals surface area contributed by atoms with E-state index in [0.29, 0.717) is 11.1 Å². The van der Waals surface area contributed by atoms with Crippen molar-refractivity contribution in [3.05, 3.63) is 58.4 Å². The Morgan fingerprint density at radius 1 is 1.11 bits per heavy atom. The average Bonchev–Trinajstić information content (AvgIpc) is 2.40. The maximum Gasteiger partial charge on any atom is 0.195 e. The summed E-state index contributed by atoms with van der Waals surface area (Å²) in [6, 6.07) is 7.37. The lowest BCUT2D eigenvalue weighted by Crippen LogP contribution is -2.07. The monoisotopic (exact) mass is 255 g/mol. The normalized spacial score (nSPS) is 10.3. The summed E-state index contributed by atoms with van der Waals surface area (Å²) in [6.45, 7) is 5.70. The van der Waals surface area contributed by atoms with Gasteiger partial charge in [0.2, 0.25) is 0 Å². The molecule has 2 aromatic rings. The van der Waals surface area contributed by atoms with Crippen molar-refractivity contribution in [3.8, 4) is 5.75 Å². The van der Waals surface area contributed by atoms with Gasteiger partial charge in [0, 0.05) is 23.0 Å². The van der Waals surface area contributed by atoms with Crippen molar-refractivity contribution >= 4 is 5.78 Å². The van der Waals surface area contributed by atoms with Crippen LogP contribution in [0.1, 0.15) is 32.7 Å². The van der Waals surface area contributed by atoms with E-state index in [1.165, 1.54) is 0 Å². The van der Waals surface area contributed by atoms with Gasteiger partial charge >= 0.3 is 0 Å². The van der Waals surface area contributed by atoms with E-state index >= 15 is 0 Å². The number of rotatable bonds is 3. The van der Waals surface area contributed by atoms with Crippen LogP contribution in [0.4, 0.5) is 0 Å². The first kappa shape index (κ1) is 13.3. The molecular formula is C16H17NO2. The highest BCUT2D eigenvalue weighted by Crippen LogP contribution is 2.24. The third-order valence-electron chi connectivity index (χ3n) is 3.24. The molecule has 0 aliphatic heterocycles. The van der Waals surface area contributed by atoms with Crippen LogP contribution in [0.5, 0.6) is 5.75 Å². The van der Waals surface area contributed by atoms with Crippen molar-refractivity contribution in [2.75, 3.05) is 7.11 Å². The molecule has 1 aromatic carbocycles. The first-order chi connectivity index (χ1) is 9.04. The summed E-state index contributed by atoms with van der Waals surface area (Å²) in [7, 11) is 1.63. The van der Waals surface area contributed by atoms with Crippen LogP contribution in [-0.4, -0.2) is 17.9 Å². The van der Waals surface area contributed by atoms with Crippen LogP contribution in [0.2, 0.25) is 0 Å². The Labute approximate surface area is 113 Å². The third-order valence-corrected chi connectivity index (χ3v) is 3.24. The number of carbonyl (C=O) groups excluding carboxylic acids is 1. The molecule has 3 nitrogen and oxygen atoms in total. The summed E-state index contributed by atoms with van der Waals surface area (Å²) in [4.78, 5) is 16.7. The molecule has 0 saturated carbocycles. The summed E-state index contributed by atoms with van der Waals surface area (Å²) in [5, 5.41) is 0. The number of nitrogens with zero attached hydrogens (tertiary/aromatic N) is 1. The van der Waals surface area contributed by atoms with Gasteiger partial charge in [-0.3, -0.25) is 9.78 Å².